The van der Waals surface area contributed by atoms with Gasteiger partial charge in [-0.2, -0.15) is 0 Å². The third-order valence-corrected chi connectivity index (χ3v) is 7.56. The second-order valence-electron chi connectivity index (χ2n) is 10.8. The van der Waals surface area contributed by atoms with Gasteiger partial charge in [-0.1, -0.05) is 71.9 Å². The standard InChI is InChI=1S/C36H33F2N5O4/c37-28-22-26(23-29(38)24-28)17-19-40-35(45)36(18-6-10-25-8-2-1-3-9-25)33(31-11-4-5-12-32(31)42-43-39)47-34(41-36)27-13-15-30(16-14-27)46-21-7-20-44/h1-6,8-16,22-24,33,44H,7,17-21H2,(H,40,45)/b10-6+/t33-,36-/m1/s1. The van der Waals surface area contributed by atoms with Crippen LogP contribution in [0.15, 0.2) is 113 Å². The van der Waals surface area contributed by atoms with Crippen LogP contribution in [0.25, 0.3) is 16.5 Å². The molecule has 1 heterocycles. The normalized spacial score (nSPS) is 17.1. The Bertz CT molecular complexity index is 1770. The molecule has 0 spiro atoms. The molecule has 4 aromatic rings. The van der Waals surface area contributed by atoms with Gasteiger partial charge in [-0.15, -0.1) is 0 Å². The van der Waals surface area contributed by atoms with Gasteiger partial charge in [-0.25, -0.2) is 13.8 Å². The Balaban J connectivity index is 1.54. The zero-order chi connectivity index (χ0) is 33.1. The number of halogens is 2. The van der Waals surface area contributed by atoms with E-state index < -0.39 is 29.2 Å². The number of aliphatic hydroxyl groups excluding tert-OH is 1. The molecule has 0 radical (unpaired) electrons. The van der Waals surface area contributed by atoms with Crippen molar-refractivity contribution in [1.82, 2.24) is 5.32 Å². The molecular weight excluding hydrogens is 604 g/mol. The third kappa shape index (κ3) is 8.21. The zero-order valence-electron chi connectivity index (χ0n) is 25.4. The Hall–Kier alpha value is -5.51. The molecule has 0 unspecified atom stereocenters. The number of nitrogens with zero attached hydrogens (tertiary/aromatic N) is 4. The fourth-order valence-corrected chi connectivity index (χ4v) is 5.31. The molecule has 0 aromatic heterocycles. The number of carbonyl (C=O) groups is 1. The molecule has 5 rings (SSSR count). The van der Waals surface area contributed by atoms with Crippen LogP contribution in [-0.2, 0) is 16.0 Å². The molecule has 47 heavy (non-hydrogen) atoms. The average Bonchev–Trinajstić information content (AvgIpc) is 3.46. The predicted octanol–water partition coefficient (Wildman–Crippen LogP) is 7.39. The number of nitrogens with one attached hydrogen (secondary N) is 1. The number of hydrogen-bond acceptors (Lipinski definition) is 6. The minimum Gasteiger partial charge on any atom is -0.494 e. The number of rotatable bonds is 14. The number of carbonyl (C=O) groups excluding carboxylic acids is 1. The van der Waals surface area contributed by atoms with Crippen LogP contribution in [0, 0.1) is 11.6 Å². The summed E-state index contributed by atoms with van der Waals surface area (Å²) in [4.78, 5) is 22.3. The monoisotopic (exact) mass is 637 g/mol. The molecule has 0 bridgehead atoms. The summed E-state index contributed by atoms with van der Waals surface area (Å²) in [6.07, 6.45) is 3.48. The molecule has 1 aliphatic heterocycles. The van der Waals surface area contributed by atoms with Crippen molar-refractivity contribution < 1.29 is 28.2 Å². The molecule has 2 atom stereocenters. The summed E-state index contributed by atoms with van der Waals surface area (Å²) in [6.45, 7) is 0.440. The molecule has 0 saturated carbocycles. The first-order valence-corrected chi connectivity index (χ1v) is 15.1. The lowest BCUT2D eigenvalue weighted by Crippen LogP contribution is -2.48. The van der Waals surface area contributed by atoms with E-state index >= 15 is 0 Å². The van der Waals surface area contributed by atoms with E-state index in [2.05, 4.69) is 15.3 Å². The second kappa shape index (κ2) is 15.7. The fourth-order valence-electron chi connectivity index (χ4n) is 5.31. The van der Waals surface area contributed by atoms with Crippen LogP contribution in [0.2, 0.25) is 0 Å². The highest BCUT2D eigenvalue weighted by Crippen LogP contribution is 2.45. The topological polar surface area (TPSA) is 129 Å². The highest BCUT2D eigenvalue weighted by atomic mass is 19.1. The lowest BCUT2D eigenvalue weighted by molar-refractivity contribution is -0.128. The molecule has 9 nitrogen and oxygen atoms in total. The molecule has 0 aliphatic carbocycles. The van der Waals surface area contributed by atoms with Crippen molar-refractivity contribution in [3.63, 3.8) is 0 Å². The van der Waals surface area contributed by atoms with Gasteiger partial charge in [-0.3, -0.25) is 4.79 Å². The maximum absolute atomic E-state index is 14.3. The Kier molecular flexibility index (Phi) is 11.0. The third-order valence-electron chi connectivity index (χ3n) is 7.56. The molecule has 0 saturated heterocycles. The van der Waals surface area contributed by atoms with E-state index in [0.29, 0.717) is 35.5 Å². The number of aliphatic imine (C=N–C) groups is 1. The molecule has 11 heteroatoms. The van der Waals surface area contributed by atoms with Crippen LogP contribution in [0.4, 0.5) is 14.5 Å². The molecule has 4 aromatic carbocycles. The maximum atomic E-state index is 14.3. The number of azide groups is 1. The summed E-state index contributed by atoms with van der Waals surface area (Å²) in [5, 5.41) is 15.8. The van der Waals surface area contributed by atoms with Crippen molar-refractivity contribution in [3.05, 3.63) is 147 Å². The average molecular weight is 638 g/mol. The number of ether oxygens (including phenoxy) is 2. The highest BCUT2D eigenvalue weighted by molar-refractivity contribution is 6.01. The molecule has 1 amide bonds. The van der Waals surface area contributed by atoms with Crippen LogP contribution >= 0.6 is 0 Å². The minimum absolute atomic E-state index is 0.0173. The van der Waals surface area contributed by atoms with Gasteiger partial charge < -0.3 is 19.9 Å². The molecular formula is C36H33F2N5O4. The molecule has 2 N–H and O–H groups in total. The number of hydrogen-bond donors (Lipinski definition) is 2. The van der Waals surface area contributed by atoms with Crippen LogP contribution < -0.4 is 10.1 Å². The highest BCUT2D eigenvalue weighted by Gasteiger charge is 2.53. The second-order valence-corrected chi connectivity index (χ2v) is 10.8. The lowest BCUT2D eigenvalue weighted by Gasteiger charge is -2.30. The Morgan fingerprint density at radius 3 is 2.49 bits per heavy atom. The summed E-state index contributed by atoms with van der Waals surface area (Å²) in [5.74, 6) is -1.09. The van der Waals surface area contributed by atoms with E-state index in [4.69, 9.17) is 19.6 Å². The maximum Gasteiger partial charge on any atom is 0.252 e. The van der Waals surface area contributed by atoms with Crippen molar-refractivity contribution in [2.24, 2.45) is 10.1 Å². The van der Waals surface area contributed by atoms with Crippen LogP contribution in [0.3, 0.4) is 0 Å². The van der Waals surface area contributed by atoms with E-state index in [9.17, 15) is 19.1 Å². The SMILES string of the molecule is [N-]=[N+]=Nc1ccccc1[C@H]1OC(c2ccc(OCCCO)cc2)=N[C@@]1(C/C=C/c1ccccc1)C(=O)NCCc1cc(F)cc(F)c1. The summed E-state index contributed by atoms with van der Waals surface area (Å²) >= 11 is 0. The van der Waals surface area contributed by atoms with Gasteiger partial charge in [0.05, 0.1) is 6.61 Å². The van der Waals surface area contributed by atoms with Crippen molar-refractivity contribution in [2.45, 2.75) is 30.9 Å². The Labute approximate surface area is 270 Å². The minimum atomic E-state index is -1.56. The Morgan fingerprint density at radius 1 is 1.04 bits per heavy atom. The summed E-state index contributed by atoms with van der Waals surface area (Å²) in [5.41, 5.74) is 10.4. The van der Waals surface area contributed by atoms with Crippen molar-refractivity contribution in [2.75, 3.05) is 19.8 Å². The summed E-state index contributed by atoms with van der Waals surface area (Å²) < 4.78 is 39.8. The summed E-state index contributed by atoms with van der Waals surface area (Å²) in [7, 11) is 0. The van der Waals surface area contributed by atoms with Gasteiger partial charge in [0.2, 0.25) is 5.90 Å². The Morgan fingerprint density at radius 2 is 1.77 bits per heavy atom. The summed E-state index contributed by atoms with van der Waals surface area (Å²) in [6, 6.07) is 26.7. The van der Waals surface area contributed by atoms with Gasteiger partial charge >= 0.3 is 0 Å². The molecule has 1 aliphatic rings. The van der Waals surface area contributed by atoms with Crippen molar-refractivity contribution in [3.8, 4) is 5.75 Å². The van der Waals surface area contributed by atoms with Crippen LogP contribution in [-0.4, -0.2) is 42.2 Å². The van der Waals surface area contributed by atoms with Gasteiger partial charge in [-0.05, 0) is 59.5 Å². The van der Waals surface area contributed by atoms with Crippen molar-refractivity contribution in [1.29, 1.82) is 0 Å². The van der Waals surface area contributed by atoms with Gasteiger partial charge in [0, 0.05) is 53.8 Å². The number of amides is 1. The van der Waals surface area contributed by atoms with E-state index in [-0.39, 0.29) is 37.6 Å². The number of benzene rings is 4. The predicted molar refractivity (Wildman–Crippen MR) is 175 cm³/mol. The first kappa shape index (κ1) is 32.9. The van der Waals surface area contributed by atoms with Crippen LogP contribution in [0.5, 0.6) is 5.75 Å². The molecule has 240 valence electrons. The lowest BCUT2D eigenvalue weighted by atomic mass is 9.83. The van der Waals surface area contributed by atoms with Gasteiger partial charge in [0.25, 0.3) is 5.91 Å². The quantitative estimate of drug-likeness (QED) is 0.0647. The van der Waals surface area contributed by atoms with Crippen molar-refractivity contribution >= 4 is 23.6 Å². The van der Waals surface area contributed by atoms with Gasteiger partial charge in [0.15, 0.2) is 11.6 Å². The van der Waals surface area contributed by atoms with E-state index in [0.717, 1.165) is 11.6 Å². The first-order valence-electron chi connectivity index (χ1n) is 15.1. The van der Waals surface area contributed by atoms with Gasteiger partial charge in [0.1, 0.15) is 17.4 Å². The fraction of sp³-hybridized carbons (Fsp3) is 0.222. The smallest absolute Gasteiger partial charge is 0.252 e. The molecule has 0 fully saturated rings. The van der Waals surface area contributed by atoms with E-state index in [1.54, 1.807) is 48.5 Å². The zero-order valence-corrected chi connectivity index (χ0v) is 25.4. The largest absolute Gasteiger partial charge is 0.494 e. The van der Waals surface area contributed by atoms with E-state index in [1.165, 1.54) is 12.1 Å². The number of aliphatic hydroxyl groups is 1. The van der Waals surface area contributed by atoms with Crippen LogP contribution in [0.1, 0.15) is 41.2 Å². The van der Waals surface area contributed by atoms with E-state index in [1.807, 2.05) is 42.5 Å². The first-order chi connectivity index (χ1) is 22.9.